The zero-order valence-electron chi connectivity index (χ0n) is 13.7. The first-order valence-corrected chi connectivity index (χ1v) is 7.91. The molecule has 3 heteroatoms. The summed E-state index contributed by atoms with van der Waals surface area (Å²) in [6, 6.07) is 20.0. The van der Waals surface area contributed by atoms with Gasteiger partial charge in [-0.2, -0.15) is 0 Å². The van der Waals surface area contributed by atoms with E-state index in [1.54, 1.807) is 12.0 Å². The average molecular weight is 309 g/mol. The van der Waals surface area contributed by atoms with Gasteiger partial charge in [-0.1, -0.05) is 73.7 Å². The van der Waals surface area contributed by atoms with E-state index < -0.39 is 0 Å². The maximum atomic E-state index is 12.2. The van der Waals surface area contributed by atoms with Crippen LogP contribution in [0.2, 0.25) is 0 Å². The molecule has 0 atom stereocenters. The number of benzene rings is 2. The normalized spacial score (nSPS) is 11.5. The van der Waals surface area contributed by atoms with Crippen LogP contribution >= 0.6 is 0 Å². The first kappa shape index (κ1) is 17.0. The maximum Gasteiger partial charge on any atom is 0.352 e. The Morgan fingerprint density at radius 2 is 1.43 bits per heavy atom. The number of hydrogen-bond donors (Lipinski definition) is 0. The van der Waals surface area contributed by atoms with Gasteiger partial charge in [0.1, 0.15) is 0 Å². The van der Waals surface area contributed by atoms with Crippen LogP contribution in [-0.4, -0.2) is 11.0 Å². The summed E-state index contributed by atoms with van der Waals surface area (Å²) in [7, 11) is 0. The second-order valence-electron chi connectivity index (χ2n) is 5.44. The Morgan fingerprint density at radius 1 is 0.957 bits per heavy atom. The van der Waals surface area contributed by atoms with Crippen LogP contribution in [0.15, 0.2) is 72.3 Å². The Hall–Kier alpha value is -2.39. The molecular weight excluding hydrogens is 286 g/mol. The Labute approximate surface area is 138 Å². The first-order chi connectivity index (χ1) is 11.2. The highest BCUT2D eigenvalue weighted by molar-refractivity contribution is 5.87. The summed E-state index contributed by atoms with van der Waals surface area (Å²) in [4.78, 5) is 17.8. The first-order valence-electron chi connectivity index (χ1n) is 7.91. The number of hydrogen-bond acceptors (Lipinski definition) is 3. The fourth-order valence-corrected chi connectivity index (χ4v) is 2.27. The summed E-state index contributed by atoms with van der Waals surface area (Å²) in [5.41, 5.74) is 2.85. The van der Waals surface area contributed by atoms with Gasteiger partial charge in [0.15, 0.2) is 0 Å². The Balaban J connectivity index is 2.10. The number of rotatable bonds is 7. The molecule has 23 heavy (non-hydrogen) atoms. The molecule has 0 aliphatic carbocycles. The molecule has 3 nitrogen and oxygen atoms in total. The SMILES string of the molecule is CC/C=C(\C)C(=O)ON(Cc1ccccc1)Cc1ccccc1. The highest BCUT2D eigenvalue weighted by Gasteiger charge is 2.14. The molecule has 0 amide bonds. The summed E-state index contributed by atoms with van der Waals surface area (Å²) >= 11 is 0. The van der Waals surface area contributed by atoms with Gasteiger partial charge in [-0.15, -0.1) is 5.06 Å². The third-order valence-corrected chi connectivity index (χ3v) is 3.45. The van der Waals surface area contributed by atoms with E-state index in [1.165, 1.54) is 0 Å². The lowest BCUT2D eigenvalue weighted by atomic mass is 10.2. The van der Waals surface area contributed by atoms with Crippen molar-refractivity contribution < 1.29 is 9.63 Å². The van der Waals surface area contributed by atoms with Crippen LogP contribution in [0.4, 0.5) is 0 Å². The molecule has 2 aromatic carbocycles. The van der Waals surface area contributed by atoms with E-state index in [2.05, 4.69) is 0 Å². The molecule has 2 rings (SSSR count). The lowest BCUT2D eigenvalue weighted by Gasteiger charge is -2.21. The second kappa shape index (κ2) is 8.91. The van der Waals surface area contributed by atoms with Crippen molar-refractivity contribution in [2.75, 3.05) is 0 Å². The number of carbonyl (C=O) groups excluding carboxylic acids is 1. The van der Waals surface area contributed by atoms with E-state index >= 15 is 0 Å². The third-order valence-electron chi connectivity index (χ3n) is 3.45. The van der Waals surface area contributed by atoms with Gasteiger partial charge >= 0.3 is 5.97 Å². The number of hydroxylamine groups is 2. The molecule has 0 spiro atoms. The van der Waals surface area contributed by atoms with Crippen LogP contribution in [0.5, 0.6) is 0 Å². The van der Waals surface area contributed by atoms with Crippen molar-refractivity contribution in [3.8, 4) is 0 Å². The topological polar surface area (TPSA) is 29.5 Å². The molecule has 0 aliphatic heterocycles. The summed E-state index contributed by atoms with van der Waals surface area (Å²) in [5, 5.41) is 1.71. The van der Waals surface area contributed by atoms with E-state index in [-0.39, 0.29) is 5.97 Å². The van der Waals surface area contributed by atoms with Crippen LogP contribution in [0, 0.1) is 0 Å². The predicted octanol–water partition coefficient (Wildman–Crippen LogP) is 4.50. The van der Waals surface area contributed by atoms with Crippen LogP contribution in [0.1, 0.15) is 31.4 Å². The van der Waals surface area contributed by atoms with Crippen LogP contribution in [-0.2, 0) is 22.7 Å². The molecule has 0 radical (unpaired) electrons. The Morgan fingerprint density at radius 3 is 1.87 bits per heavy atom. The van der Waals surface area contributed by atoms with E-state index in [0.717, 1.165) is 17.5 Å². The fourth-order valence-electron chi connectivity index (χ4n) is 2.27. The highest BCUT2D eigenvalue weighted by Crippen LogP contribution is 2.12. The minimum atomic E-state index is -0.293. The molecule has 0 saturated heterocycles. The molecule has 0 heterocycles. The van der Waals surface area contributed by atoms with Crippen molar-refractivity contribution in [1.82, 2.24) is 5.06 Å². The second-order valence-corrected chi connectivity index (χ2v) is 5.44. The lowest BCUT2D eigenvalue weighted by Crippen LogP contribution is -2.27. The number of allylic oxidation sites excluding steroid dienone is 1. The molecular formula is C20H23NO2. The van der Waals surface area contributed by atoms with Gasteiger partial charge in [0.05, 0.1) is 13.1 Å². The van der Waals surface area contributed by atoms with Gasteiger partial charge in [0.2, 0.25) is 0 Å². The zero-order valence-corrected chi connectivity index (χ0v) is 13.7. The van der Waals surface area contributed by atoms with Crippen LogP contribution in [0.25, 0.3) is 0 Å². The Bertz CT molecular complexity index is 594. The van der Waals surface area contributed by atoms with E-state index in [4.69, 9.17) is 4.84 Å². The van der Waals surface area contributed by atoms with Crippen LogP contribution < -0.4 is 0 Å². The van der Waals surface area contributed by atoms with E-state index in [0.29, 0.717) is 18.7 Å². The van der Waals surface area contributed by atoms with Gasteiger partial charge in [0, 0.05) is 5.57 Å². The minimum Gasteiger partial charge on any atom is -0.363 e. The molecule has 0 unspecified atom stereocenters. The summed E-state index contributed by atoms with van der Waals surface area (Å²) in [5.74, 6) is -0.293. The van der Waals surface area contributed by atoms with Crippen molar-refractivity contribution in [2.24, 2.45) is 0 Å². The monoisotopic (exact) mass is 309 g/mol. The van der Waals surface area contributed by atoms with Crippen LogP contribution in [0.3, 0.4) is 0 Å². The maximum absolute atomic E-state index is 12.2. The fraction of sp³-hybridized carbons (Fsp3) is 0.250. The molecule has 0 fully saturated rings. The molecule has 0 N–H and O–H groups in total. The number of carbonyl (C=O) groups is 1. The van der Waals surface area contributed by atoms with E-state index in [1.807, 2.05) is 73.7 Å². The standard InChI is InChI=1S/C20H23NO2/c1-3-10-17(2)20(22)23-21(15-18-11-6-4-7-12-18)16-19-13-8-5-9-14-19/h4-14H,3,15-16H2,1-2H3/b17-10+. The molecule has 0 aliphatic rings. The zero-order chi connectivity index (χ0) is 16.5. The average Bonchev–Trinajstić information content (AvgIpc) is 2.57. The van der Waals surface area contributed by atoms with Crippen molar-refractivity contribution in [3.63, 3.8) is 0 Å². The van der Waals surface area contributed by atoms with E-state index in [9.17, 15) is 4.79 Å². The highest BCUT2D eigenvalue weighted by atomic mass is 16.7. The Kier molecular flexibility index (Phi) is 6.57. The largest absolute Gasteiger partial charge is 0.363 e. The van der Waals surface area contributed by atoms with Crippen molar-refractivity contribution >= 4 is 5.97 Å². The minimum absolute atomic E-state index is 0.293. The predicted molar refractivity (Wildman–Crippen MR) is 92.3 cm³/mol. The quantitative estimate of drug-likeness (QED) is 0.557. The lowest BCUT2D eigenvalue weighted by molar-refractivity contribution is -0.191. The third kappa shape index (κ3) is 5.72. The van der Waals surface area contributed by atoms with Crippen molar-refractivity contribution in [2.45, 2.75) is 33.4 Å². The molecule has 120 valence electrons. The summed E-state index contributed by atoms with van der Waals surface area (Å²) in [6.45, 7) is 4.90. The smallest absolute Gasteiger partial charge is 0.352 e. The molecule has 0 bridgehead atoms. The molecule has 2 aromatic rings. The van der Waals surface area contributed by atoms with Gasteiger partial charge in [-0.3, -0.25) is 0 Å². The van der Waals surface area contributed by atoms with Gasteiger partial charge in [-0.05, 0) is 24.5 Å². The van der Waals surface area contributed by atoms with Gasteiger partial charge < -0.3 is 4.84 Å². The summed E-state index contributed by atoms with van der Waals surface area (Å²) in [6.07, 6.45) is 2.70. The number of nitrogens with zero attached hydrogens (tertiary/aromatic N) is 1. The molecule has 0 saturated carbocycles. The van der Waals surface area contributed by atoms with Gasteiger partial charge in [0.25, 0.3) is 0 Å². The van der Waals surface area contributed by atoms with Gasteiger partial charge in [-0.25, -0.2) is 4.79 Å². The molecule has 0 aromatic heterocycles. The van der Waals surface area contributed by atoms with Crippen molar-refractivity contribution in [1.29, 1.82) is 0 Å². The summed E-state index contributed by atoms with van der Waals surface area (Å²) < 4.78 is 0. The van der Waals surface area contributed by atoms with Crippen molar-refractivity contribution in [3.05, 3.63) is 83.4 Å².